The Kier molecular flexibility index (Phi) is 23.9. The summed E-state index contributed by atoms with van der Waals surface area (Å²) in [5.41, 5.74) is 0.999. The van der Waals surface area contributed by atoms with Crippen molar-refractivity contribution < 1.29 is 69.0 Å². The van der Waals surface area contributed by atoms with Crippen LogP contribution in [0.25, 0.3) is 0 Å². The number of esters is 4. The minimum absolute atomic E-state index is 0.00287. The van der Waals surface area contributed by atoms with Crippen molar-refractivity contribution in [3.8, 4) is 0 Å². The summed E-state index contributed by atoms with van der Waals surface area (Å²) in [6, 6.07) is 3.44. The van der Waals surface area contributed by atoms with E-state index in [-0.39, 0.29) is 60.1 Å². The second-order valence-electron chi connectivity index (χ2n) is 11.9. The number of allylic oxidation sites excluding steroid dienone is 1. The van der Waals surface area contributed by atoms with E-state index in [2.05, 4.69) is 0 Å². The van der Waals surface area contributed by atoms with Crippen molar-refractivity contribution in [3.63, 3.8) is 0 Å². The van der Waals surface area contributed by atoms with Gasteiger partial charge in [-0.25, -0.2) is 9.59 Å². The van der Waals surface area contributed by atoms with Crippen LogP contribution in [0, 0.1) is 11.8 Å². The summed E-state index contributed by atoms with van der Waals surface area (Å²) >= 11 is 2.89. The van der Waals surface area contributed by atoms with Gasteiger partial charge < -0.3 is 33.3 Å². The van der Waals surface area contributed by atoms with E-state index in [9.17, 15) is 19.2 Å². The van der Waals surface area contributed by atoms with Crippen LogP contribution >= 0.6 is 0 Å². The van der Waals surface area contributed by atoms with Gasteiger partial charge in [-0.1, -0.05) is 33.8 Å². The molecule has 8 atom stereocenters. The van der Waals surface area contributed by atoms with Crippen molar-refractivity contribution in [3.05, 3.63) is 54.1 Å². The van der Waals surface area contributed by atoms with Gasteiger partial charge in [0.1, 0.15) is 5.56 Å². The van der Waals surface area contributed by atoms with Gasteiger partial charge in [0.15, 0.2) is 30.8 Å². The molecule has 4 heterocycles. The zero-order valence-corrected chi connectivity index (χ0v) is 38.3. The van der Waals surface area contributed by atoms with Gasteiger partial charge in [0.25, 0.3) is 0 Å². The number of rotatable bonds is 10. The maximum absolute atomic E-state index is 11.9. The molecular weight excluding hydrogens is 770 g/mol. The van der Waals surface area contributed by atoms with Crippen LogP contribution in [0.4, 0.5) is 0 Å². The Morgan fingerprint density at radius 2 is 1.35 bits per heavy atom. The number of pyridine rings is 1. The number of ether oxygens (including phenoxy) is 6. The molecule has 0 radical (unpaired) electrons. The van der Waals surface area contributed by atoms with Crippen molar-refractivity contribution in [1.29, 1.82) is 0 Å². The Hall–Kier alpha value is -2.13. The quantitative estimate of drug-likeness (QED) is 0.144. The Bertz CT molecular complexity index is 1690. The van der Waals surface area contributed by atoms with Crippen LogP contribution in [0.2, 0.25) is 0 Å². The normalized spacial score (nSPS) is 25.2. The molecule has 2 fully saturated rings. The summed E-state index contributed by atoms with van der Waals surface area (Å²) in [7, 11) is -5.90. The molecular formula is C34H49N2Na2O14S2+. The Morgan fingerprint density at radius 1 is 0.833 bits per heavy atom. The van der Waals surface area contributed by atoms with Crippen molar-refractivity contribution in [2.75, 3.05) is 13.2 Å². The number of hydrogen-bond donors (Lipinski definition) is 0. The van der Waals surface area contributed by atoms with Crippen LogP contribution in [0.3, 0.4) is 0 Å². The van der Waals surface area contributed by atoms with Crippen molar-refractivity contribution >= 4 is 86.0 Å². The van der Waals surface area contributed by atoms with Gasteiger partial charge in [0.2, 0.25) is 0 Å². The van der Waals surface area contributed by atoms with Gasteiger partial charge in [-0.05, 0) is 32.8 Å². The van der Waals surface area contributed by atoms with Crippen molar-refractivity contribution in [1.82, 2.24) is 4.90 Å². The molecule has 1 aromatic heterocycles. The van der Waals surface area contributed by atoms with Gasteiger partial charge in [0.05, 0.1) is 31.0 Å². The molecule has 0 spiro atoms. The molecule has 0 saturated carbocycles. The van der Waals surface area contributed by atoms with E-state index in [0.29, 0.717) is 30.8 Å². The zero-order chi connectivity index (χ0) is 41.1. The predicted molar refractivity (Wildman–Crippen MR) is 195 cm³/mol. The first-order valence-electron chi connectivity index (χ1n) is 17.9. The SMILES string of the molecule is CCOC(=O)C1=CN([C@@H]2O[C@H](CC)[C@H](C)C2OC(C)=O)C=CC1.CCOC(=O)c1ccc[n+]([C@@H]2O[C@H](CC)[C@H](C)C2OC(C)=O)c1.O=S(=O)=S(=O)=O.[Na][Na]. The third kappa shape index (κ3) is 15.4. The topological polar surface area (TPSA) is 199 Å². The standard InChI is InChI=1S/C17H25NO5.C17H24NO5.2Na.O4S2/c2*1-5-14-11(3)15(22-12(4)19)16(23-14)18-9-7-8-13(10-18)17(20)21-6-2;;;1-5(2)6(3)4/h7,9-11,14-16H,5-6,8H2,1-4H3;7-11,14-16H,5-6H2,1-4H3;;;/q;+1;;;/t2*11-,14+,15?,16+;;;/m00.../s1. The molecule has 0 aliphatic carbocycles. The first kappa shape index (κ1) is 49.9. The Morgan fingerprint density at radius 3 is 1.87 bits per heavy atom. The van der Waals surface area contributed by atoms with E-state index in [1.807, 2.05) is 40.0 Å². The number of hydrogen-bond acceptors (Lipinski definition) is 15. The summed E-state index contributed by atoms with van der Waals surface area (Å²) < 4.78 is 71.3. The van der Waals surface area contributed by atoms with E-state index >= 15 is 0 Å². The van der Waals surface area contributed by atoms with Gasteiger partial charge in [-0.3, -0.25) is 9.59 Å². The molecule has 16 nitrogen and oxygen atoms in total. The molecule has 3 aliphatic heterocycles. The third-order valence-electron chi connectivity index (χ3n) is 8.30. The molecule has 20 heteroatoms. The fourth-order valence-electron chi connectivity index (χ4n) is 5.92. The van der Waals surface area contributed by atoms with E-state index in [1.54, 1.807) is 54.0 Å². The predicted octanol–water partition coefficient (Wildman–Crippen LogP) is 2.28. The molecule has 2 unspecified atom stereocenters. The third-order valence-corrected chi connectivity index (χ3v) is 9.19. The van der Waals surface area contributed by atoms with Crippen LogP contribution in [0.1, 0.15) is 91.2 Å². The average Bonchev–Trinajstić information content (AvgIpc) is 3.63. The number of nitrogens with zero attached hydrogens (tertiary/aromatic N) is 2. The van der Waals surface area contributed by atoms with E-state index < -0.39 is 31.0 Å². The number of carbonyl (C=O) groups is 4. The summed E-state index contributed by atoms with van der Waals surface area (Å²) in [6.07, 6.45) is 9.49. The zero-order valence-electron chi connectivity index (χ0n) is 32.6. The first-order valence-corrected chi connectivity index (χ1v) is 28.6. The second kappa shape index (κ2) is 25.9. The van der Waals surface area contributed by atoms with Crippen molar-refractivity contribution in [2.45, 2.75) is 112 Å². The van der Waals surface area contributed by atoms with Crippen molar-refractivity contribution in [2.24, 2.45) is 11.8 Å². The van der Waals surface area contributed by atoms with Crippen LogP contribution in [0.5, 0.6) is 0 Å². The number of carbonyl (C=O) groups excluding carboxylic acids is 4. The van der Waals surface area contributed by atoms with Crippen LogP contribution < -0.4 is 4.57 Å². The first-order chi connectivity index (χ1) is 25.6. The summed E-state index contributed by atoms with van der Waals surface area (Å²) in [4.78, 5) is 48.5. The molecule has 1 aromatic rings. The van der Waals surface area contributed by atoms with E-state index in [1.165, 1.54) is 57.5 Å². The molecule has 4 rings (SSSR count). The number of aromatic nitrogens is 1. The van der Waals surface area contributed by atoms with Crippen LogP contribution in [-0.4, -0.2) is 133 Å². The van der Waals surface area contributed by atoms with Crippen LogP contribution in [-0.2, 0) is 61.3 Å². The summed E-state index contributed by atoms with van der Waals surface area (Å²) in [5, 5.41) is 0. The molecule has 54 heavy (non-hydrogen) atoms. The Labute approximate surface area is 347 Å². The van der Waals surface area contributed by atoms with Gasteiger partial charge in [0, 0.05) is 50.6 Å². The van der Waals surface area contributed by atoms with E-state index in [4.69, 9.17) is 45.3 Å². The molecule has 3 aliphatic rings. The fraction of sp³-hybridized carbons (Fsp3) is 0.618. The van der Waals surface area contributed by atoms with E-state index in [0.717, 1.165) is 12.8 Å². The Balaban J connectivity index is 0.000000451. The summed E-state index contributed by atoms with van der Waals surface area (Å²) in [5.74, 6) is -1.22. The molecule has 0 bridgehead atoms. The monoisotopic (exact) mass is 819 g/mol. The average molecular weight is 820 g/mol. The molecule has 292 valence electrons. The molecule has 0 aromatic carbocycles. The van der Waals surface area contributed by atoms with Gasteiger partial charge >= 0.3 is 92.2 Å². The fourth-order valence-corrected chi connectivity index (χ4v) is 5.92. The van der Waals surface area contributed by atoms with Gasteiger partial charge in [-0.15, -0.1) is 0 Å². The second-order valence-corrected chi connectivity index (χ2v) is 14.3. The summed E-state index contributed by atoms with van der Waals surface area (Å²) in [6.45, 7) is 15.1. The molecule has 0 amide bonds. The molecule has 2 saturated heterocycles. The minimum atomic E-state index is -2.95. The van der Waals surface area contributed by atoms with Crippen LogP contribution in [0.15, 0.2) is 48.6 Å². The maximum atomic E-state index is 11.9. The van der Waals surface area contributed by atoms with Gasteiger partial charge in [-0.2, -0.15) is 21.4 Å². The molecule has 0 N–H and O–H groups in total.